The molecule has 0 aliphatic carbocycles. The Labute approximate surface area is 138 Å². The van der Waals surface area contributed by atoms with Gasteiger partial charge in [0.15, 0.2) is 0 Å². The molecule has 1 rings (SSSR count). The lowest BCUT2D eigenvalue weighted by Gasteiger charge is -2.18. The van der Waals surface area contributed by atoms with Crippen molar-refractivity contribution >= 4 is 11.9 Å². The van der Waals surface area contributed by atoms with Crippen LogP contribution in [0.1, 0.15) is 63.3 Å². The van der Waals surface area contributed by atoms with Gasteiger partial charge in [0.25, 0.3) is 0 Å². The van der Waals surface area contributed by atoms with Crippen molar-refractivity contribution in [1.29, 1.82) is 0 Å². The maximum atomic E-state index is 11.8. The molecule has 1 aromatic rings. The molecule has 0 radical (unpaired) electrons. The van der Waals surface area contributed by atoms with E-state index in [1.165, 1.54) is 6.92 Å². The molecule has 0 aromatic carbocycles. The van der Waals surface area contributed by atoms with Crippen molar-refractivity contribution in [3.63, 3.8) is 0 Å². The van der Waals surface area contributed by atoms with Gasteiger partial charge in [-0.05, 0) is 39.3 Å². The van der Waals surface area contributed by atoms with Crippen LogP contribution in [-0.4, -0.2) is 41.4 Å². The molecule has 1 N–H and O–H groups in total. The fraction of sp³-hybridized carbons (Fsp3) is 0.647. The maximum absolute atomic E-state index is 11.8. The van der Waals surface area contributed by atoms with Crippen LogP contribution in [0.15, 0.2) is 12.1 Å². The van der Waals surface area contributed by atoms with Gasteiger partial charge in [-0.1, -0.05) is 6.92 Å². The average molecular weight is 327 g/mol. The van der Waals surface area contributed by atoms with Crippen LogP contribution in [0.5, 0.6) is 0 Å². The second-order valence-corrected chi connectivity index (χ2v) is 4.96. The zero-order chi connectivity index (χ0) is 17.8. The number of aliphatic hydroxyl groups is 1. The van der Waals surface area contributed by atoms with E-state index in [1.54, 1.807) is 19.9 Å². The minimum Gasteiger partial charge on any atom is -0.466 e. The highest BCUT2D eigenvalue weighted by atomic mass is 16.5. The van der Waals surface area contributed by atoms with Crippen LogP contribution in [0.2, 0.25) is 0 Å². The third-order valence-electron chi connectivity index (χ3n) is 3.23. The standard InChI is InChI=1S/C13H21NO3.C4H8O2/c1-4-10(3)14-11(8-9-15)6-7-12(14)13(16)17-5-2;1-3-6-4(2)5/h6-7,10,15H,4-5,8-9H2,1-3H3;3H2,1-2H3/t10-;/m0./s1. The van der Waals surface area contributed by atoms with Gasteiger partial charge in [-0.15, -0.1) is 0 Å². The van der Waals surface area contributed by atoms with Gasteiger partial charge in [0.05, 0.1) is 13.2 Å². The number of rotatable bonds is 7. The second-order valence-electron chi connectivity index (χ2n) is 4.96. The third kappa shape index (κ3) is 7.32. The van der Waals surface area contributed by atoms with Crippen molar-refractivity contribution < 1.29 is 24.2 Å². The number of carbonyl (C=O) groups excluding carboxylic acids is 2. The molecule has 0 saturated carbocycles. The first-order valence-electron chi connectivity index (χ1n) is 8.04. The summed E-state index contributed by atoms with van der Waals surface area (Å²) in [6.07, 6.45) is 1.49. The number of esters is 2. The fourth-order valence-electron chi connectivity index (χ4n) is 2.09. The van der Waals surface area contributed by atoms with Crippen molar-refractivity contribution in [2.75, 3.05) is 19.8 Å². The number of nitrogens with zero attached hydrogens (tertiary/aromatic N) is 1. The van der Waals surface area contributed by atoms with Crippen molar-refractivity contribution in [3.8, 4) is 0 Å². The van der Waals surface area contributed by atoms with Gasteiger partial charge < -0.3 is 19.1 Å². The SMILES string of the molecule is CCOC(=O)c1ccc(CCO)n1[C@@H](C)CC.CCOC(C)=O. The molecule has 6 heteroatoms. The average Bonchev–Trinajstić information content (AvgIpc) is 2.91. The smallest absolute Gasteiger partial charge is 0.354 e. The Balaban J connectivity index is 0.000000688. The third-order valence-corrected chi connectivity index (χ3v) is 3.23. The predicted molar refractivity (Wildman–Crippen MR) is 88.5 cm³/mol. The predicted octanol–water partition coefficient (Wildman–Crippen LogP) is 2.74. The summed E-state index contributed by atoms with van der Waals surface area (Å²) in [6, 6.07) is 3.88. The molecule has 132 valence electrons. The second kappa shape index (κ2) is 11.7. The van der Waals surface area contributed by atoms with Gasteiger partial charge in [-0.3, -0.25) is 4.79 Å². The molecule has 0 aliphatic heterocycles. The van der Waals surface area contributed by atoms with Gasteiger partial charge in [-0.2, -0.15) is 0 Å². The molecular formula is C17H29NO5. The number of aromatic nitrogens is 1. The molecule has 0 unspecified atom stereocenters. The van der Waals surface area contributed by atoms with E-state index in [1.807, 2.05) is 10.6 Å². The first-order valence-corrected chi connectivity index (χ1v) is 8.04. The molecule has 1 aromatic heterocycles. The van der Waals surface area contributed by atoms with Gasteiger partial charge in [0.2, 0.25) is 0 Å². The quantitative estimate of drug-likeness (QED) is 0.779. The van der Waals surface area contributed by atoms with E-state index in [-0.39, 0.29) is 24.6 Å². The van der Waals surface area contributed by atoms with Crippen LogP contribution in [0, 0.1) is 0 Å². The number of carbonyl (C=O) groups is 2. The van der Waals surface area contributed by atoms with E-state index in [9.17, 15) is 9.59 Å². The van der Waals surface area contributed by atoms with Crippen LogP contribution < -0.4 is 0 Å². The van der Waals surface area contributed by atoms with Gasteiger partial charge in [0.1, 0.15) is 5.69 Å². The Morgan fingerprint density at radius 2 is 1.78 bits per heavy atom. The summed E-state index contributed by atoms with van der Waals surface area (Å²) in [5.74, 6) is -0.505. The van der Waals surface area contributed by atoms with Crippen LogP contribution in [0.4, 0.5) is 0 Å². The lowest BCUT2D eigenvalue weighted by atomic mass is 10.2. The molecule has 1 atom stereocenters. The van der Waals surface area contributed by atoms with Gasteiger partial charge in [-0.25, -0.2) is 4.79 Å². The first-order chi connectivity index (χ1) is 10.9. The highest BCUT2D eigenvalue weighted by Crippen LogP contribution is 2.20. The first kappa shape index (κ1) is 21.2. The summed E-state index contributed by atoms with van der Waals surface area (Å²) in [5.41, 5.74) is 1.55. The molecule has 0 amide bonds. The molecule has 0 spiro atoms. The van der Waals surface area contributed by atoms with Crippen LogP contribution in [0.25, 0.3) is 0 Å². The van der Waals surface area contributed by atoms with Crippen molar-refractivity contribution in [1.82, 2.24) is 4.57 Å². The van der Waals surface area contributed by atoms with E-state index >= 15 is 0 Å². The number of aliphatic hydroxyl groups excluding tert-OH is 1. The van der Waals surface area contributed by atoms with E-state index in [2.05, 4.69) is 18.6 Å². The largest absolute Gasteiger partial charge is 0.466 e. The normalized spacial score (nSPS) is 11.2. The van der Waals surface area contributed by atoms with Gasteiger partial charge in [0, 0.05) is 31.7 Å². The van der Waals surface area contributed by atoms with E-state index in [0.29, 0.717) is 25.3 Å². The van der Waals surface area contributed by atoms with Crippen LogP contribution in [-0.2, 0) is 20.7 Å². The minimum atomic E-state index is -0.294. The molecule has 1 heterocycles. The molecular weight excluding hydrogens is 298 g/mol. The summed E-state index contributed by atoms with van der Waals surface area (Å²) < 4.78 is 11.4. The fourth-order valence-corrected chi connectivity index (χ4v) is 2.09. The molecule has 0 aliphatic rings. The van der Waals surface area contributed by atoms with Crippen LogP contribution >= 0.6 is 0 Å². The Hall–Kier alpha value is -1.82. The Kier molecular flexibility index (Phi) is 10.8. The minimum absolute atomic E-state index is 0.0860. The van der Waals surface area contributed by atoms with Crippen LogP contribution in [0.3, 0.4) is 0 Å². The molecule has 0 fully saturated rings. The molecule has 23 heavy (non-hydrogen) atoms. The van der Waals surface area contributed by atoms with Crippen molar-refractivity contribution in [3.05, 3.63) is 23.5 Å². The van der Waals surface area contributed by atoms with Crippen molar-refractivity contribution in [2.45, 2.75) is 53.5 Å². The lowest BCUT2D eigenvalue weighted by molar-refractivity contribution is -0.140. The molecule has 6 nitrogen and oxygen atoms in total. The Morgan fingerprint density at radius 1 is 1.17 bits per heavy atom. The highest BCUT2D eigenvalue weighted by Gasteiger charge is 2.18. The Bertz CT molecular complexity index is 481. The molecule has 0 saturated heterocycles. The molecule has 0 bridgehead atoms. The highest BCUT2D eigenvalue weighted by molar-refractivity contribution is 5.88. The summed E-state index contributed by atoms with van der Waals surface area (Å²) in [6.45, 7) is 10.0. The van der Waals surface area contributed by atoms with E-state index in [4.69, 9.17) is 9.84 Å². The number of hydrogen-bond acceptors (Lipinski definition) is 5. The summed E-state index contributed by atoms with van der Waals surface area (Å²) in [5, 5.41) is 9.02. The monoisotopic (exact) mass is 327 g/mol. The summed E-state index contributed by atoms with van der Waals surface area (Å²) in [7, 11) is 0. The summed E-state index contributed by atoms with van der Waals surface area (Å²) in [4.78, 5) is 21.6. The zero-order valence-corrected chi connectivity index (χ0v) is 14.8. The van der Waals surface area contributed by atoms with E-state index < -0.39 is 0 Å². The van der Waals surface area contributed by atoms with E-state index in [0.717, 1.165) is 12.1 Å². The lowest BCUT2D eigenvalue weighted by Crippen LogP contribution is -2.17. The van der Waals surface area contributed by atoms with Crippen molar-refractivity contribution in [2.24, 2.45) is 0 Å². The number of ether oxygens (including phenoxy) is 2. The summed E-state index contributed by atoms with van der Waals surface area (Å²) >= 11 is 0. The Morgan fingerprint density at radius 3 is 2.17 bits per heavy atom. The zero-order valence-electron chi connectivity index (χ0n) is 14.8. The topological polar surface area (TPSA) is 77.8 Å². The number of hydrogen-bond donors (Lipinski definition) is 1. The van der Waals surface area contributed by atoms with Gasteiger partial charge >= 0.3 is 11.9 Å². The maximum Gasteiger partial charge on any atom is 0.354 e.